The number of nitrogens with two attached hydrogens (primary N) is 2. The molecule has 6 heterocycles. The molecule has 4 atom stereocenters. The van der Waals surface area contributed by atoms with Gasteiger partial charge >= 0.3 is 11.9 Å². The molecule has 0 bridgehead atoms. The summed E-state index contributed by atoms with van der Waals surface area (Å²) >= 11 is 6.02. The minimum Gasteiger partial charge on any atom is -0.457 e. The summed E-state index contributed by atoms with van der Waals surface area (Å²) in [6, 6.07) is 17.9. The summed E-state index contributed by atoms with van der Waals surface area (Å²) in [7, 11) is 0. The number of imidazole rings is 2. The van der Waals surface area contributed by atoms with Crippen LogP contribution in [0.2, 0.25) is 5.15 Å². The predicted molar refractivity (Wildman–Crippen MR) is 194 cm³/mol. The molecule has 2 saturated heterocycles. The lowest BCUT2D eigenvalue weighted by atomic mass is 10.2. The average molecular weight is 772 g/mol. The van der Waals surface area contributed by atoms with Gasteiger partial charge in [0, 0.05) is 6.04 Å². The second-order valence-corrected chi connectivity index (χ2v) is 12.9. The smallest absolute Gasteiger partial charge is 0.338 e. The van der Waals surface area contributed by atoms with Gasteiger partial charge in [0.25, 0.3) is 0 Å². The fraction of sp³-hybridized carbons (Fsp3) is 0.314. The number of carbonyl (C=O) groups is 2. The number of hydrogen-bond acceptors (Lipinski definition) is 17. The monoisotopic (exact) mass is 771 g/mol. The maximum atomic E-state index is 12.1. The molecule has 3 fully saturated rings. The molecule has 2 aliphatic heterocycles. The largest absolute Gasteiger partial charge is 0.457 e. The predicted octanol–water partition coefficient (Wildman–Crippen LogP) is 3.50. The first-order valence-corrected chi connectivity index (χ1v) is 17.6. The van der Waals surface area contributed by atoms with Crippen LogP contribution in [-0.4, -0.2) is 96.0 Å². The van der Waals surface area contributed by atoms with Gasteiger partial charge in [0.15, 0.2) is 52.8 Å². The molecule has 55 heavy (non-hydrogen) atoms. The van der Waals surface area contributed by atoms with E-state index in [1.54, 1.807) is 64.0 Å². The van der Waals surface area contributed by atoms with Crippen molar-refractivity contribution < 1.29 is 38.0 Å². The first kappa shape index (κ1) is 36.0. The number of ether oxygens (including phenoxy) is 6. The first-order chi connectivity index (χ1) is 26.8. The number of esters is 2. The van der Waals surface area contributed by atoms with E-state index in [2.05, 4.69) is 35.2 Å². The molecule has 4 aromatic heterocycles. The average Bonchev–Trinajstić information content (AvgIpc) is 3.59. The number of nitrogens with zero attached hydrogens (tertiary/aromatic N) is 8. The van der Waals surface area contributed by atoms with Crippen LogP contribution in [0.3, 0.4) is 0 Å². The topological polar surface area (TPSA) is 241 Å². The number of benzene rings is 2. The molecule has 1 saturated carbocycles. The fourth-order valence-corrected chi connectivity index (χ4v) is 5.95. The van der Waals surface area contributed by atoms with Gasteiger partial charge in [-0.1, -0.05) is 48.0 Å². The van der Waals surface area contributed by atoms with Crippen molar-refractivity contribution in [2.75, 3.05) is 43.2 Å². The zero-order chi connectivity index (χ0) is 37.9. The van der Waals surface area contributed by atoms with Crippen LogP contribution in [-0.2, 0) is 28.4 Å². The second kappa shape index (κ2) is 15.8. The molecule has 284 valence electrons. The number of fused-ring (bicyclic) bond motifs is 2. The highest BCUT2D eigenvalue weighted by Gasteiger charge is 2.32. The van der Waals surface area contributed by atoms with Crippen molar-refractivity contribution in [2.45, 2.75) is 43.9 Å². The number of aromatic nitrogens is 8. The van der Waals surface area contributed by atoms with E-state index in [9.17, 15) is 9.59 Å². The van der Waals surface area contributed by atoms with E-state index in [1.165, 1.54) is 6.33 Å². The van der Waals surface area contributed by atoms with E-state index in [0.29, 0.717) is 45.3 Å². The van der Waals surface area contributed by atoms with E-state index in [1.807, 2.05) is 12.1 Å². The lowest BCUT2D eigenvalue weighted by molar-refractivity contribution is -0.102. The van der Waals surface area contributed by atoms with Gasteiger partial charge in [-0.2, -0.15) is 19.9 Å². The van der Waals surface area contributed by atoms with Crippen LogP contribution >= 0.6 is 11.6 Å². The Morgan fingerprint density at radius 2 is 1.22 bits per heavy atom. The van der Waals surface area contributed by atoms with Crippen LogP contribution in [0, 0.1) is 0 Å². The molecule has 1 aliphatic carbocycles. The number of hydrogen-bond donors (Lipinski definition) is 3. The highest BCUT2D eigenvalue weighted by Crippen LogP contribution is 2.31. The maximum absolute atomic E-state index is 12.1. The first-order valence-electron chi connectivity index (χ1n) is 17.2. The Hall–Kier alpha value is -5.99. The number of nitrogens with one attached hydrogen (secondary N) is 1. The molecule has 19 nitrogen and oxygen atoms in total. The Bertz CT molecular complexity index is 2310. The van der Waals surface area contributed by atoms with Crippen LogP contribution in [0.5, 0.6) is 0 Å². The van der Waals surface area contributed by atoms with Gasteiger partial charge in [0.2, 0.25) is 11.9 Å². The Labute approximate surface area is 316 Å². The van der Waals surface area contributed by atoms with Crippen LogP contribution in [0.1, 0.15) is 46.0 Å². The van der Waals surface area contributed by atoms with E-state index >= 15 is 0 Å². The lowest BCUT2D eigenvalue weighted by Gasteiger charge is -2.13. The van der Waals surface area contributed by atoms with E-state index in [-0.39, 0.29) is 43.5 Å². The Morgan fingerprint density at radius 3 is 1.75 bits per heavy atom. The van der Waals surface area contributed by atoms with Crippen molar-refractivity contribution >= 4 is 63.6 Å². The zero-order valence-corrected chi connectivity index (χ0v) is 29.7. The van der Waals surface area contributed by atoms with Crippen molar-refractivity contribution in [3.63, 3.8) is 0 Å². The highest BCUT2D eigenvalue weighted by atomic mass is 35.5. The van der Waals surface area contributed by atoms with Gasteiger partial charge in [-0.05, 0) is 37.1 Å². The number of carbonyl (C=O) groups excluding carboxylic acids is 2. The standard InChI is InChI=1S/C19H20N6O4.C16H14ClN5O4/c20-19-23-16(22-12-6-7-12)15-17(24-19)25(10-21-15)13-8-27-14(29-13)9-28-18(26)11-4-2-1-3-5-11;17-13-12-14(21-16(18)20-13)22(8-19-12)10-6-24-11(26-10)7-25-15(23)9-4-2-1-3-5-9/h1-5,10,12-14H,6-9H2,(H3,20,22,23,24);1-5,8,10-11H,6-7H2,(H2,18,20,21)/t13-,14-;10-,11-/m11/s1. The third-order valence-corrected chi connectivity index (χ3v) is 8.82. The van der Waals surface area contributed by atoms with Crippen LogP contribution in [0.4, 0.5) is 17.7 Å². The van der Waals surface area contributed by atoms with Gasteiger partial charge in [0.1, 0.15) is 18.7 Å². The van der Waals surface area contributed by atoms with Gasteiger partial charge in [-0.15, -0.1) is 0 Å². The number of anilines is 3. The summed E-state index contributed by atoms with van der Waals surface area (Å²) in [6.07, 6.45) is 3.05. The Morgan fingerprint density at radius 1 is 0.727 bits per heavy atom. The molecule has 5 N–H and O–H groups in total. The molecule has 0 amide bonds. The maximum Gasteiger partial charge on any atom is 0.338 e. The van der Waals surface area contributed by atoms with Crippen molar-refractivity contribution in [3.8, 4) is 0 Å². The molecular weight excluding hydrogens is 738 g/mol. The quantitative estimate of drug-likeness (QED) is 0.133. The summed E-state index contributed by atoms with van der Waals surface area (Å²) in [4.78, 5) is 49.2. The van der Waals surface area contributed by atoms with Crippen LogP contribution in [0.25, 0.3) is 22.3 Å². The molecule has 9 rings (SSSR count). The highest BCUT2D eigenvalue weighted by molar-refractivity contribution is 6.33. The summed E-state index contributed by atoms with van der Waals surface area (Å²) < 4.78 is 36.7. The third kappa shape index (κ3) is 8.25. The van der Waals surface area contributed by atoms with Crippen molar-refractivity contribution in [3.05, 3.63) is 89.6 Å². The van der Waals surface area contributed by atoms with Gasteiger partial charge in [-0.3, -0.25) is 9.13 Å². The summed E-state index contributed by atoms with van der Waals surface area (Å²) in [5, 5.41) is 3.49. The molecule has 0 radical (unpaired) electrons. The lowest BCUT2D eigenvalue weighted by Crippen LogP contribution is -2.20. The zero-order valence-electron chi connectivity index (χ0n) is 28.9. The van der Waals surface area contributed by atoms with Crippen molar-refractivity contribution in [1.82, 2.24) is 39.0 Å². The van der Waals surface area contributed by atoms with E-state index < -0.39 is 37.0 Å². The third-order valence-electron chi connectivity index (χ3n) is 8.56. The molecule has 3 aliphatic rings. The van der Waals surface area contributed by atoms with Crippen LogP contribution < -0.4 is 16.8 Å². The van der Waals surface area contributed by atoms with Crippen LogP contribution in [0.15, 0.2) is 73.3 Å². The van der Waals surface area contributed by atoms with Gasteiger partial charge in [0.05, 0.1) is 37.0 Å². The second-order valence-electron chi connectivity index (χ2n) is 12.5. The Kier molecular flexibility index (Phi) is 10.3. The van der Waals surface area contributed by atoms with Gasteiger partial charge < -0.3 is 45.2 Å². The number of nitrogen functional groups attached to an aromatic ring is 2. The minimum atomic E-state index is -0.695. The van der Waals surface area contributed by atoms with Gasteiger partial charge in [-0.25, -0.2) is 19.6 Å². The molecular formula is C35H34ClN11O8. The molecule has 2 aromatic carbocycles. The minimum absolute atomic E-state index is 0.0114. The number of rotatable bonds is 10. The molecule has 20 heteroatoms. The number of halogens is 1. The van der Waals surface area contributed by atoms with E-state index in [4.69, 9.17) is 51.5 Å². The van der Waals surface area contributed by atoms with E-state index in [0.717, 1.165) is 12.8 Å². The fourth-order valence-electron chi connectivity index (χ4n) is 5.73. The molecule has 0 spiro atoms. The SMILES string of the molecule is Nc1nc(Cl)c2ncn([C@H]3CO[C@@H](COC(=O)c4ccccc4)O3)c2n1.Nc1nc(NC2CC2)c2ncn([C@H]3CO[C@@H](COC(=O)c4ccccc4)O3)c2n1. The summed E-state index contributed by atoms with van der Waals surface area (Å²) in [5.41, 5.74) is 14.5. The normalized spacial score (nSPS) is 20.6. The Balaban J connectivity index is 0.000000156. The van der Waals surface area contributed by atoms with Crippen molar-refractivity contribution in [1.29, 1.82) is 0 Å². The summed E-state index contributed by atoms with van der Waals surface area (Å²) in [5.74, 6) is -0.0422. The van der Waals surface area contributed by atoms with Crippen molar-refractivity contribution in [2.24, 2.45) is 0 Å². The molecule has 6 aromatic rings. The molecule has 0 unspecified atom stereocenters. The summed E-state index contributed by atoms with van der Waals surface area (Å²) in [6.45, 7) is 0.464.